The van der Waals surface area contributed by atoms with Crippen molar-refractivity contribution in [2.75, 3.05) is 24.6 Å². The highest BCUT2D eigenvalue weighted by molar-refractivity contribution is 5.90. The van der Waals surface area contributed by atoms with Crippen molar-refractivity contribution in [2.45, 2.75) is 32.7 Å². The van der Waals surface area contributed by atoms with Crippen LogP contribution < -0.4 is 11.1 Å². The molecule has 1 aromatic rings. The Bertz CT molecular complexity index is 375. The lowest BCUT2D eigenvalue weighted by molar-refractivity contribution is -0.116. The number of nitrogens with one attached hydrogen (secondary N) is 1. The molecule has 1 unspecified atom stereocenters. The number of carbonyl (C=O) groups is 1. The lowest BCUT2D eigenvalue weighted by atomic mass is 10.2. The van der Waals surface area contributed by atoms with Gasteiger partial charge in [-0.2, -0.15) is 0 Å². The molecule has 4 heteroatoms. The highest BCUT2D eigenvalue weighted by Crippen LogP contribution is 2.11. The zero-order chi connectivity index (χ0) is 13.5. The van der Waals surface area contributed by atoms with E-state index in [2.05, 4.69) is 24.1 Å². The number of nitrogen functional groups attached to an aromatic ring is 1. The fourth-order valence-electron chi connectivity index (χ4n) is 1.60. The monoisotopic (exact) mass is 249 g/mol. The molecule has 0 saturated carbocycles. The molecule has 0 aliphatic heterocycles. The second-order valence-corrected chi connectivity index (χ2v) is 4.66. The lowest BCUT2D eigenvalue weighted by Gasteiger charge is -2.22. The zero-order valence-corrected chi connectivity index (χ0v) is 11.4. The van der Waals surface area contributed by atoms with E-state index < -0.39 is 0 Å². The van der Waals surface area contributed by atoms with Crippen LogP contribution in [0.5, 0.6) is 0 Å². The topological polar surface area (TPSA) is 58.4 Å². The van der Waals surface area contributed by atoms with Crippen LogP contribution in [-0.4, -0.2) is 30.4 Å². The first kappa shape index (κ1) is 14.5. The van der Waals surface area contributed by atoms with Gasteiger partial charge in [0.2, 0.25) is 5.91 Å². The van der Waals surface area contributed by atoms with E-state index in [1.807, 2.05) is 19.2 Å². The number of hydrogen-bond donors (Lipinski definition) is 2. The number of anilines is 2. The Labute approximate surface area is 109 Å². The Kier molecular flexibility index (Phi) is 5.65. The van der Waals surface area contributed by atoms with Gasteiger partial charge in [-0.3, -0.25) is 4.79 Å². The van der Waals surface area contributed by atoms with Crippen LogP contribution in [0, 0.1) is 0 Å². The van der Waals surface area contributed by atoms with E-state index in [0.717, 1.165) is 18.7 Å². The van der Waals surface area contributed by atoms with Crippen molar-refractivity contribution in [2.24, 2.45) is 0 Å². The first-order valence-electron chi connectivity index (χ1n) is 6.38. The summed E-state index contributed by atoms with van der Waals surface area (Å²) in [6.07, 6.45) is 1.60. The largest absolute Gasteiger partial charge is 0.399 e. The van der Waals surface area contributed by atoms with Gasteiger partial charge in [-0.1, -0.05) is 6.92 Å². The van der Waals surface area contributed by atoms with Gasteiger partial charge < -0.3 is 16.0 Å². The number of nitrogens with zero attached hydrogens (tertiary/aromatic N) is 1. The van der Waals surface area contributed by atoms with E-state index in [1.54, 1.807) is 12.1 Å². The minimum atomic E-state index is 0.0370. The van der Waals surface area contributed by atoms with E-state index in [9.17, 15) is 4.79 Å². The molecule has 0 bridgehead atoms. The molecule has 4 nitrogen and oxygen atoms in total. The number of carbonyl (C=O) groups excluding carboxylic acids is 1. The quantitative estimate of drug-likeness (QED) is 0.761. The van der Waals surface area contributed by atoms with Crippen molar-refractivity contribution in [3.05, 3.63) is 24.3 Å². The molecule has 0 heterocycles. The summed E-state index contributed by atoms with van der Waals surface area (Å²) in [4.78, 5) is 13.9. The fourth-order valence-corrected chi connectivity index (χ4v) is 1.60. The second-order valence-electron chi connectivity index (χ2n) is 4.66. The predicted molar refractivity (Wildman–Crippen MR) is 76.5 cm³/mol. The van der Waals surface area contributed by atoms with Crippen LogP contribution in [0.2, 0.25) is 0 Å². The fraction of sp³-hybridized carbons (Fsp3) is 0.500. The predicted octanol–water partition coefficient (Wildman–Crippen LogP) is 2.33. The molecule has 1 aromatic carbocycles. The van der Waals surface area contributed by atoms with Crippen molar-refractivity contribution < 1.29 is 4.79 Å². The summed E-state index contributed by atoms with van der Waals surface area (Å²) in [5.41, 5.74) is 7.08. The molecule has 0 aliphatic rings. The van der Waals surface area contributed by atoms with Gasteiger partial charge >= 0.3 is 0 Å². The average Bonchev–Trinajstić information content (AvgIpc) is 2.37. The first-order valence-corrected chi connectivity index (χ1v) is 6.38. The highest BCUT2D eigenvalue weighted by atomic mass is 16.1. The summed E-state index contributed by atoms with van der Waals surface area (Å²) in [5, 5.41) is 2.86. The van der Waals surface area contributed by atoms with Crippen molar-refractivity contribution in [1.82, 2.24) is 4.90 Å². The summed E-state index contributed by atoms with van der Waals surface area (Å²) < 4.78 is 0. The van der Waals surface area contributed by atoms with Crippen molar-refractivity contribution >= 4 is 17.3 Å². The molecular formula is C14H23N3O. The van der Waals surface area contributed by atoms with Crippen LogP contribution in [0.1, 0.15) is 26.7 Å². The van der Waals surface area contributed by atoms with Crippen LogP contribution in [-0.2, 0) is 4.79 Å². The molecule has 100 valence electrons. The SMILES string of the molecule is CCC(C)N(C)CCC(=O)Nc1ccc(N)cc1. The Hall–Kier alpha value is -1.55. The van der Waals surface area contributed by atoms with Crippen molar-refractivity contribution in [3.63, 3.8) is 0 Å². The van der Waals surface area contributed by atoms with Crippen LogP contribution in [0.4, 0.5) is 11.4 Å². The molecular weight excluding hydrogens is 226 g/mol. The summed E-state index contributed by atoms with van der Waals surface area (Å²) in [6.45, 7) is 5.09. The molecule has 1 atom stereocenters. The van der Waals surface area contributed by atoms with Gasteiger partial charge in [0, 0.05) is 30.4 Å². The smallest absolute Gasteiger partial charge is 0.225 e. The van der Waals surface area contributed by atoms with Crippen LogP contribution in [0.15, 0.2) is 24.3 Å². The van der Waals surface area contributed by atoms with Crippen molar-refractivity contribution in [3.8, 4) is 0 Å². The summed E-state index contributed by atoms with van der Waals surface area (Å²) >= 11 is 0. The number of benzene rings is 1. The molecule has 0 radical (unpaired) electrons. The molecule has 0 fully saturated rings. The van der Waals surface area contributed by atoms with Gasteiger partial charge in [0.25, 0.3) is 0 Å². The van der Waals surface area contributed by atoms with Gasteiger partial charge in [-0.05, 0) is 44.7 Å². The standard InChI is InChI=1S/C14H23N3O/c1-4-11(2)17(3)10-9-14(18)16-13-7-5-12(15)6-8-13/h5-8,11H,4,9-10,15H2,1-3H3,(H,16,18). The third-order valence-corrected chi connectivity index (χ3v) is 3.23. The van der Waals surface area contributed by atoms with E-state index in [4.69, 9.17) is 5.73 Å². The number of amides is 1. The van der Waals surface area contributed by atoms with Crippen LogP contribution in [0.3, 0.4) is 0 Å². The third-order valence-electron chi connectivity index (χ3n) is 3.23. The zero-order valence-electron chi connectivity index (χ0n) is 11.4. The minimum absolute atomic E-state index is 0.0370. The summed E-state index contributed by atoms with van der Waals surface area (Å²) in [5.74, 6) is 0.0370. The van der Waals surface area contributed by atoms with Crippen molar-refractivity contribution in [1.29, 1.82) is 0 Å². The maximum atomic E-state index is 11.7. The maximum absolute atomic E-state index is 11.7. The Balaban J connectivity index is 2.36. The normalized spacial score (nSPS) is 12.4. The van der Waals surface area contributed by atoms with Gasteiger partial charge in [0.1, 0.15) is 0 Å². The lowest BCUT2D eigenvalue weighted by Crippen LogP contribution is -2.31. The first-order chi connectivity index (χ1) is 8.52. The molecule has 0 spiro atoms. The molecule has 0 aromatic heterocycles. The maximum Gasteiger partial charge on any atom is 0.225 e. The summed E-state index contributed by atoms with van der Waals surface area (Å²) in [7, 11) is 2.05. The van der Waals surface area contributed by atoms with Gasteiger partial charge in [0.05, 0.1) is 0 Å². The molecule has 18 heavy (non-hydrogen) atoms. The Morgan fingerprint density at radius 1 is 1.39 bits per heavy atom. The van der Waals surface area contributed by atoms with E-state index >= 15 is 0 Å². The number of nitrogens with two attached hydrogens (primary N) is 1. The van der Waals surface area contributed by atoms with Gasteiger partial charge in [-0.25, -0.2) is 0 Å². The summed E-state index contributed by atoms with van der Waals surface area (Å²) in [6, 6.07) is 7.69. The Morgan fingerprint density at radius 2 is 2.00 bits per heavy atom. The molecule has 0 aliphatic carbocycles. The molecule has 1 rings (SSSR count). The van der Waals surface area contributed by atoms with E-state index in [0.29, 0.717) is 18.2 Å². The highest BCUT2D eigenvalue weighted by Gasteiger charge is 2.09. The third kappa shape index (κ3) is 4.75. The minimum Gasteiger partial charge on any atom is -0.399 e. The molecule has 1 amide bonds. The molecule has 3 N–H and O–H groups in total. The van der Waals surface area contributed by atoms with E-state index in [-0.39, 0.29) is 5.91 Å². The van der Waals surface area contributed by atoms with Gasteiger partial charge in [-0.15, -0.1) is 0 Å². The Morgan fingerprint density at radius 3 is 2.56 bits per heavy atom. The van der Waals surface area contributed by atoms with Crippen LogP contribution in [0.25, 0.3) is 0 Å². The number of rotatable bonds is 6. The second kappa shape index (κ2) is 7.01. The molecule has 0 saturated heterocycles. The average molecular weight is 249 g/mol. The number of hydrogen-bond acceptors (Lipinski definition) is 3. The van der Waals surface area contributed by atoms with Crippen LogP contribution >= 0.6 is 0 Å². The van der Waals surface area contributed by atoms with E-state index in [1.165, 1.54) is 0 Å². The van der Waals surface area contributed by atoms with Gasteiger partial charge in [0.15, 0.2) is 0 Å².